The first-order valence-electron chi connectivity index (χ1n) is 8.80. The van der Waals surface area contributed by atoms with Crippen LogP contribution in [-0.2, 0) is 17.8 Å². The van der Waals surface area contributed by atoms with Gasteiger partial charge in [0, 0.05) is 30.3 Å². The number of halogens is 1. The third-order valence-corrected chi connectivity index (χ3v) is 4.84. The lowest BCUT2D eigenvalue weighted by atomic mass is 10.1. The molecule has 2 aromatic rings. The predicted molar refractivity (Wildman–Crippen MR) is 103 cm³/mol. The predicted octanol–water partition coefficient (Wildman–Crippen LogP) is 3.36. The summed E-state index contributed by atoms with van der Waals surface area (Å²) in [6.07, 6.45) is 2.84. The molecule has 1 heterocycles. The summed E-state index contributed by atoms with van der Waals surface area (Å²) in [6.45, 7) is 2.34. The van der Waals surface area contributed by atoms with Crippen LogP contribution in [0.5, 0.6) is 0 Å². The standard InChI is InChI=1S/C20H24ClN3O/c21-18-5-2-1-4-16(18)11-13-22-17-9-7-15(8-10-17)14-24-19-6-3-12-23-20(19)25/h1-2,4-5,7-10,19,22,24H,3,6,11-14H2,(H,23,25). The molecule has 0 bridgehead atoms. The summed E-state index contributed by atoms with van der Waals surface area (Å²) in [5, 5.41) is 10.5. The number of amides is 1. The van der Waals surface area contributed by atoms with Crippen LogP contribution in [-0.4, -0.2) is 25.0 Å². The first-order valence-corrected chi connectivity index (χ1v) is 9.17. The Balaban J connectivity index is 1.44. The smallest absolute Gasteiger partial charge is 0.237 e. The van der Waals surface area contributed by atoms with Gasteiger partial charge in [-0.2, -0.15) is 0 Å². The molecule has 3 N–H and O–H groups in total. The van der Waals surface area contributed by atoms with Crippen molar-refractivity contribution in [2.75, 3.05) is 18.4 Å². The molecule has 132 valence electrons. The number of piperidine rings is 1. The first-order chi connectivity index (χ1) is 12.2. The fraction of sp³-hybridized carbons (Fsp3) is 0.350. The number of carbonyl (C=O) groups is 1. The minimum Gasteiger partial charge on any atom is -0.385 e. The van der Waals surface area contributed by atoms with Gasteiger partial charge in [0.2, 0.25) is 5.91 Å². The van der Waals surface area contributed by atoms with E-state index in [-0.39, 0.29) is 11.9 Å². The van der Waals surface area contributed by atoms with Crippen molar-refractivity contribution in [3.8, 4) is 0 Å². The second kappa shape index (κ2) is 8.88. The lowest BCUT2D eigenvalue weighted by Crippen LogP contribution is -2.47. The Morgan fingerprint density at radius 1 is 1.12 bits per heavy atom. The van der Waals surface area contributed by atoms with Gasteiger partial charge in [0.1, 0.15) is 0 Å². The summed E-state index contributed by atoms with van der Waals surface area (Å²) in [5.41, 5.74) is 3.42. The number of anilines is 1. The maximum atomic E-state index is 11.7. The Morgan fingerprint density at radius 2 is 1.92 bits per heavy atom. The third kappa shape index (κ3) is 5.21. The van der Waals surface area contributed by atoms with Crippen molar-refractivity contribution in [3.63, 3.8) is 0 Å². The van der Waals surface area contributed by atoms with Crippen molar-refractivity contribution in [3.05, 3.63) is 64.7 Å². The summed E-state index contributed by atoms with van der Waals surface area (Å²) in [5.74, 6) is 0.115. The number of carbonyl (C=O) groups excluding carboxylic acids is 1. The summed E-state index contributed by atoms with van der Waals surface area (Å²) in [7, 11) is 0. The second-order valence-electron chi connectivity index (χ2n) is 6.33. The molecule has 1 aliphatic heterocycles. The Labute approximate surface area is 154 Å². The molecule has 5 heteroatoms. The highest BCUT2D eigenvalue weighted by molar-refractivity contribution is 6.31. The van der Waals surface area contributed by atoms with Crippen molar-refractivity contribution in [1.29, 1.82) is 0 Å². The maximum Gasteiger partial charge on any atom is 0.237 e. The van der Waals surface area contributed by atoms with Gasteiger partial charge in [0.15, 0.2) is 0 Å². The zero-order chi connectivity index (χ0) is 17.5. The second-order valence-corrected chi connectivity index (χ2v) is 6.74. The Morgan fingerprint density at radius 3 is 2.68 bits per heavy atom. The summed E-state index contributed by atoms with van der Waals surface area (Å²) < 4.78 is 0. The minimum absolute atomic E-state index is 0.0674. The molecule has 0 aromatic heterocycles. The van der Waals surface area contributed by atoms with Gasteiger partial charge >= 0.3 is 0 Å². The van der Waals surface area contributed by atoms with Crippen LogP contribution < -0.4 is 16.0 Å². The van der Waals surface area contributed by atoms with Gasteiger partial charge in [-0.1, -0.05) is 41.9 Å². The molecule has 1 saturated heterocycles. The molecular weight excluding hydrogens is 334 g/mol. The van der Waals surface area contributed by atoms with Gasteiger partial charge in [-0.25, -0.2) is 0 Å². The Bertz CT molecular complexity index is 702. The molecular formula is C20H24ClN3O. The first kappa shape index (κ1) is 17.8. The van der Waals surface area contributed by atoms with Crippen molar-refractivity contribution in [2.24, 2.45) is 0 Å². The molecule has 0 aliphatic carbocycles. The van der Waals surface area contributed by atoms with Crippen LogP contribution in [0, 0.1) is 0 Å². The molecule has 1 amide bonds. The van der Waals surface area contributed by atoms with Gasteiger partial charge in [0.25, 0.3) is 0 Å². The highest BCUT2D eigenvalue weighted by Crippen LogP contribution is 2.16. The van der Waals surface area contributed by atoms with E-state index >= 15 is 0 Å². The Kier molecular flexibility index (Phi) is 6.31. The molecule has 0 saturated carbocycles. The molecule has 1 fully saturated rings. The number of benzene rings is 2. The number of rotatable bonds is 7. The topological polar surface area (TPSA) is 53.2 Å². The van der Waals surface area contributed by atoms with Crippen LogP contribution in [0.15, 0.2) is 48.5 Å². The summed E-state index contributed by atoms with van der Waals surface area (Å²) in [4.78, 5) is 11.7. The van der Waals surface area contributed by atoms with E-state index in [9.17, 15) is 4.79 Å². The van der Waals surface area contributed by atoms with E-state index in [1.54, 1.807) is 0 Å². The lowest BCUT2D eigenvalue weighted by molar-refractivity contribution is -0.124. The normalized spacial score (nSPS) is 17.2. The third-order valence-electron chi connectivity index (χ3n) is 4.47. The van der Waals surface area contributed by atoms with Gasteiger partial charge < -0.3 is 16.0 Å². The van der Waals surface area contributed by atoms with Crippen LogP contribution in [0.25, 0.3) is 0 Å². The van der Waals surface area contributed by atoms with Crippen molar-refractivity contribution in [2.45, 2.75) is 31.8 Å². The average molecular weight is 358 g/mol. The highest BCUT2D eigenvalue weighted by atomic mass is 35.5. The van der Waals surface area contributed by atoms with Crippen molar-refractivity contribution < 1.29 is 4.79 Å². The van der Waals surface area contributed by atoms with Crippen LogP contribution in [0.1, 0.15) is 24.0 Å². The molecule has 1 aliphatic rings. The molecule has 0 radical (unpaired) electrons. The molecule has 25 heavy (non-hydrogen) atoms. The van der Waals surface area contributed by atoms with E-state index in [0.29, 0.717) is 6.54 Å². The van der Waals surface area contributed by atoms with Gasteiger partial charge in [0.05, 0.1) is 6.04 Å². The molecule has 4 nitrogen and oxygen atoms in total. The van der Waals surface area contributed by atoms with Gasteiger partial charge in [-0.3, -0.25) is 4.79 Å². The largest absolute Gasteiger partial charge is 0.385 e. The lowest BCUT2D eigenvalue weighted by Gasteiger charge is -2.22. The molecule has 1 atom stereocenters. The van der Waals surface area contributed by atoms with E-state index in [1.165, 1.54) is 5.56 Å². The molecule has 3 rings (SSSR count). The fourth-order valence-corrected chi connectivity index (χ4v) is 3.22. The zero-order valence-corrected chi connectivity index (χ0v) is 15.0. The van der Waals surface area contributed by atoms with Crippen LogP contribution in [0.4, 0.5) is 5.69 Å². The van der Waals surface area contributed by atoms with Crippen LogP contribution in [0.3, 0.4) is 0 Å². The van der Waals surface area contributed by atoms with E-state index in [4.69, 9.17) is 11.6 Å². The summed E-state index contributed by atoms with van der Waals surface area (Å²) in [6, 6.07) is 16.2. The molecule has 2 aromatic carbocycles. The van der Waals surface area contributed by atoms with Crippen molar-refractivity contribution in [1.82, 2.24) is 10.6 Å². The zero-order valence-electron chi connectivity index (χ0n) is 14.2. The van der Waals surface area contributed by atoms with Crippen LogP contribution >= 0.6 is 11.6 Å². The van der Waals surface area contributed by atoms with Gasteiger partial charge in [-0.05, 0) is 48.6 Å². The van der Waals surface area contributed by atoms with Gasteiger partial charge in [-0.15, -0.1) is 0 Å². The van der Waals surface area contributed by atoms with Crippen molar-refractivity contribution >= 4 is 23.2 Å². The quantitative estimate of drug-likeness (QED) is 0.712. The number of hydrogen-bond donors (Lipinski definition) is 3. The monoisotopic (exact) mass is 357 g/mol. The molecule has 1 unspecified atom stereocenters. The summed E-state index contributed by atoms with van der Waals surface area (Å²) >= 11 is 6.17. The van der Waals surface area contributed by atoms with Crippen LogP contribution in [0.2, 0.25) is 5.02 Å². The van der Waals surface area contributed by atoms with E-state index in [2.05, 4.69) is 46.3 Å². The maximum absolute atomic E-state index is 11.7. The molecule has 0 spiro atoms. The average Bonchev–Trinajstić information content (AvgIpc) is 2.64. The number of nitrogens with one attached hydrogen (secondary N) is 3. The van der Waals surface area contributed by atoms with E-state index in [0.717, 1.165) is 48.6 Å². The number of hydrogen-bond acceptors (Lipinski definition) is 3. The minimum atomic E-state index is -0.0674. The fourth-order valence-electron chi connectivity index (χ4n) is 2.99. The van der Waals surface area contributed by atoms with E-state index in [1.807, 2.05) is 18.2 Å². The van der Waals surface area contributed by atoms with E-state index < -0.39 is 0 Å². The SMILES string of the molecule is O=C1NCCCC1NCc1ccc(NCCc2ccccc2Cl)cc1. The Hall–Kier alpha value is -2.04. The highest BCUT2D eigenvalue weighted by Gasteiger charge is 2.20.